The highest BCUT2D eigenvalue weighted by atomic mass is 32.1. The first-order chi connectivity index (χ1) is 13.6. The molecule has 0 unspecified atom stereocenters. The van der Waals surface area contributed by atoms with Gasteiger partial charge in [-0.2, -0.15) is 11.3 Å². The van der Waals surface area contributed by atoms with Crippen molar-refractivity contribution in [3.63, 3.8) is 0 Å². The number of likely N-dealkylation sites (tertiary alicyclic amines) is 1. The van der Waals surface area contributed by atoms with E-state index in [4.69, 9.17) is 0 Å². The van der Waals surface area contributed by atoms with Crippen LogP contribution in [-0.4, -0.2) is 45.8 Å². The Morgan fingerprint density at radius 2 is 2.11 bits per heavy atom. The summed E-state index contributed by atoms with van der Waals surface area (Å²) in [6.07, 6.45) is 2.34. The predicted octanol–water partition coefficient (Wildman–Crippen LogP) is 3.16. The lowest BCUT2D eigenvalue weighted by molar-refractivity contribution is 0.0777. The Morgan fingerprint density at radius 3 is 2.82 bits per heavy atom. The number of thiophene rings is 1. The quantitative estimate of drug-likeness (QED) is 0.740. The van der Waals surface area contributed by atoms with Crippen LogP contribution < -0.4 is 5.32 Å². The van der Waals surface area contributed by atoms with Crippen molar-refractivity contribution in [2.24, 2.45) is 0 Å². The van der Waals surface area contributed by atoms with Crippen LogP contribution in [-0.2, 0) is 0 Å². The molecule has 1 atom stereocenters. The summed E-state index contributed by atoms with van der Waals surface area (Å²) in [6, 6.07) is 10.9. The molecule has 3 aromatic rings. The van der Waals surface area contributed by atoms with Crippen LogP contribution in [0.5, 0.6) is 0 Å². The smallest absolute Gasteiger partial charge is 0.272 e. The molecule has 4 heterocycles. The van der Waals surface area contributed by atoms with Gasteiger partial charge in [-0.1, -0.05) is 6.07 Å². The maximum atomic E-state index is 12.7. The second-order valence-electron chi connectivity index (χ2n) is 6.77. The van der Waals surface area contributed by atoms with E-state index in [2.05, 4.69) is 15.3 Å². The van der Waals surface area contributed by atoms with Gasteiger partial charge < -0.3 is 10.2 Å². The number of nitrogens with one attached hydrogen (secondary N) is 1. The highest BCUT2D eigenvalue weighted by molar-refractivity contribution is 7.08. The first kappa shape index (κ1) is 18.3. The van der Waals surface area contributed by atoms with Gasteiger partial charge in [0.1, 0.15) is 5.69 Å². The lowest BCUT2D eigenvalue weighted by Gasteiger charge is -2.17. The number of nitrogens with zero attached hydrogens (tertiary/aromatic N) is 3. The number of amides is 2. The number of pyridine rings is 2. The zero-order valence-electron chi connectivity index (χ0n) is 15.5. The van der Waals surface area contributed by atoms with E-state index in [-0.39, 0.29) is 17.9 Å². The van der Waals surface area contributed by atoms with Gasteiger partial charge in [-0.25, -0.2) is 0 Å². The summed E-state index contributed by atoms with van der Waals surface area (Å²) in [5, 5.41) is 7.08. The topological polar surface area (TPSA) is 75.2 Å². The summed E-state index contributed by atoms with van der Waals surface area (Å²) in [6.45, 7) is 2.94. The van der Waals surface area contributed by atoms with Gasteiger partial charge in [0.2, 0.25) is 0 Å². The molecule has 142 valence electrons. The molecule has 1 fully saturated rings. The van der Waals surface area contributed by atoms with Crippen molar-refractivity contribution >= 4 is 23.2 Å². The van der Waals surface area contributed by atoms with Crippen LogP contribution in [0.2, 0.25) is 0 Å². The molecule has 1 saturated heterocycles. The minimum Gasteiger partial charge on any atom is -0.347 e. The molecule has 3 aromatic heterocycles. The van der Waals surface area contributed by atoms with E-state index >= 15 is 0 Å². The summed E-state index contributed by atoms with van der Waals surface area (Å²) < 4.78 is 0. The van der Waals surface area contributed by atoms with E-state index in [1.54, 1.807) is 40.6 Å². The summed E-state index contributed by atoms with van der Waals surface area (Å²) >= 11 is 1.62. The summed E-state index contributed by atoms with van der Waals surface area (Å²) in [4.78, 5) is 35.6. The third kappa shape index (κ3) is 3.80. The van der Waals surface area contributed by atoms with E-state index in [0.717, 1.165) is 17.7 Å². The Kier molecular flexibility index (Phi) is 5.16. The van der Waals surface area contributed by atoms with Crippen molar-refractivity contribution in [1.82, 2.24) is 20.2 Å². The van der Waals surface area contributed by atoms with Crippen LogP contribution >= 0.6 is 11.3 Å². The molecule has 0 saturated carbocycles. The zero-order chi connectivity index (χ0) is 19.5. The molecular formula is C21H20N4O2S. The van der Waals surface area contributed by atoms with Gasteiger partial charge in [0, 0.05) is 36.3 Å². The molecule has 1 N–H and O–H groups in total. The lowest BCUT2D eigenvalue weighted by atomic mass is 10.1. The van der Waals surface area contributed by atoms with Crippen LogP contribution in [0, 0.1) is 6.92 Å². The fraction of sp³-hybridized carbons (Fsp3) is 0.238. The van der Waals surface area contributed by atoms with Crippen molar-refractivity contribution in [2.75, 3.05) is 13.1 Å². The Balaban J connectivity index is 1.40. The zero-order valence-corrected chi connectivity index (χ0v) is 16.3. The fourth-order valence-electron chi connectivity index (χ4n) is 3.35. The fourth-order valence-corrected chi connectivity index (χ4v) is 4.00. The van der Waals surface area contributed by atoms with Gasteiger partial charge in [0.05, 0.1) is 17.0 Å². The van der Waals surface area contributed by atoms with Crippen LogP contribution in [0.4, 0.5) is 0 Å². The van der Waals surface area contributed by atoms with E-state index in [9.17, 15) is 9.59 Å². The Labute approximate surface area is 167 Å². The minimum atomic E-state index is -0.154. The highest BCUT2D eigenvalue weighted by Gasteiger charge is 2.29. The average molecular weight is 392 g/mol. The molecule has 2 amide bonds. The van der Waals surface area contributed by atoms with Crippen LogP contribution in [0.25, 0.3) is 11.3 Å². The number of carbonyl (C=O) groups excluding carboxylic acids is 2. The average Bonchev–Trinajstić information content (AvgIpc) is 3.40. The van der Waals surface area contributed by atoms with Crippen LogP contribution in [0.15, 0.2) is 53.4 Å². The number of rotatable bonds is 4. The number of hydrogen-bond donors (Lipinski definition) is 1. The van der Waals surface area contributed by atoms with Gasteiger partial charge in [-0.3, -0.25) is 19.6 Å². The molecule has 0 aromatic carbocycles. The van der Waals surface area contributed by atoms with Gasteiger partial charge in [-0.15, -0.1) is 0 Å². The van der Waals surface area contributed by atoms with Crippen molar-refractivity contribution in [3.8, 4) is 11.3 Å². The van der Waals surface area contributed by atoms with Crippen molar-refractivity contribution in [2.45, 2.75) is 19.4 Å². The largest absolute Gasteiger partial charge is 0.347 e. The molecule has 0 spiro atoms. The van der Waals surface area contributed by atoms with Crippen molar-refractivity contribution in [1.29, 1.82) is 0 Å². The molecular weight excluding hydrogens is 372 g/mol. The molecule has 1 aliphatic heterocycles. The number of aryl methyl sites for hydroxylation is 1. The third-order valence-corrected chi connectivity index (χ3v) is 5.53. The van der Waals surface area contributed by atoms with Crippen LogP contribution in [0.1, 0.15) is 33.0 Å². The van der Waals surface area contributed by atoms with Crippen molar-refractivity contribution in [3.05, 3.63) is 70.3 Å². The van der Waals surface area contributed by atoms with E-state index < -0.39 is 0 Å². The molecule has 28 heavy (non-hydrogen) atoms. The Morgan fingerprint density at radius 1 is 1.21 bits per heavy atom. The van der Waals surface area contributed by atoms with Crippen LogP contribution in [0.3, 0.4) is 0 Å². The van der Waals surface area contributed by atoms with Gasteiger partial charge >= 0.3 is 0 Å². The summed E-state index contributed by atoms with van der Waals surface area (Å²) in [7, 11) is 0. The standard InChI is InChI=1S/C21H20N4O2S/c1-14-17(5-6-18(23-14)15-8-11-28-13-15)20(26)24-16-7-10-25(12-16)21(27)19-4-2-3-9-22-19/h2-6,8-9,11,13,16H,7,10,12H2,1H3,(H,24,26)/t16-/m0/s1. The second-order valence-corrected chi connectivity index (χ2v) is 7.55. The van der Waals surface area contributed by atoms with Gasteiger partial charge in [0.15, 0.2) is 0 Å². The lowest BCUT2D eigenvalue weighted by Crippen LogP contribution is -2.39. The Hall–Kier alpha value is -3.06. The highest BCUT2D eigenvalue weighted by Crippen LogP contribution is 2.22. The first-order valence-electron chi connectivity index (χ1n) is 9.13. The summed E-state index contributed by atoms with van der Waals surface area (Å²) in [5.74, 6) is -0.255. The monoisotopic (exact) mass is 392 g/mol. The summed E-state index contributed by atoms with van der Waals surface area (Å²) in [5.41, 5.74) is 3.61. The molecule has 7 heteroatoms. The molecule has 1 aliphatic rings. The minimum absolute atomic E-state index is 0.0730. The van der Waals surface area contributed by atoms with E-state index in [1.807, 2.05) is 35.9 Å². The van der Waals surface area contributed by atoms with Gasteiger partial charge in [0.25, 0.3) is 11.8 Å². The second kappa shape index (κ2) is 7.90. The number of aromatic nitrogens is 2. The molecule has 0 radical (unpaired) electrons. The van der Waals surface area contributed by atoms with E-state index in [1.165, 1.54) is 0 Å². The molecule has 6 nitrogen and oxygen atoms in total. The number of hydrogen-bond acceptors (Lipinski definition) is 5. The first-order valence-corrected chi connectivity index (χ1v) is 10.1. The predicted molar refractivity (Wildman–Crippen MR) is 108 cm³/mol. The third-order valence-electron chi connectivity index (χ3n) is 4.84. The molecule has 0 bridgehead atoms. The maximum absolute atomic E-state index is 12.7. The van der Waals surface area contributed by atoms with Gasteiger partial charge in [-0.05, 0) is 49.1 Å². The Bertz CT molecular complexity index is 989. The molecule has 0 aliphatic carbocycles. The molecule has 4 rings (SSSR count). The SMILES string of the molecule is Cc1nc(-c2ccsc2)ccc1C(=O)N[C@H]1CCN(C(=O)c2ccccn2)C1. The number of carbonyl (C=O) groups is 2. The van der Waals surface area contributed by atoms with Crippen molar-refractivity contribution < 1.29 is 9.59 Å². The van der Waals surface area contributed by atoms with E-state index in [0.29, 0.717) is 30.0 Å². The normalized spacial score (nSPS) is 16.2. The maximum Gasteiger partial charge on any atom is 0.272 e.